The van der Waals surface area contributed by atoms with Crippen molar-refractivity contribution in [2.75, 3.05) is 13.7 Å². The van der Waals surface area contributed by atoms with Crippen molar-refractivity contribution in [2.45, 2.75) is 12.5 Å². The van der Waals surface area contributed by atoms with Gasteiger partial charge in [0.25, 0.3) is 5.91 Å². The lowest BCUT2D eigenvalue weighted by atomic mass is 9.98. The van der Waals surface area contributed by atoms with E-state index in [1.165, 1.54) is 0 Å². The van der Waals surface area contributed by atoms with E-state index in [2.05, 4.69) is 15.9 Å². The van der Waals surface area contributed by atoms with Crippen LogP contribution in [0, 0.1) is 0 Å². The van der Waals surface area contributed by atoms with Gasteiger partial charge in [-0.25, -0.2) is 0 Å². The third-order valence-electron chi connectivity index (χ3n) is 5.89. The molecule has 0 saturated heterocycles. The van der Waals surface area contributed by atoms with Crippen LogP contribution in [0.2, 0.25) is 5.02 Å². The molecule has 1 aliphatic heterocycles. The van der Waals surface area contributed by atoms with Gasteiger partial charge in [0.2, 0.25) is 5.76 Å². The van der Waals surface area contributed by atoms with Gasteiger partial charge in [-0.2, -0.15) is 0 Å². The first-order chi connectivity index (χ1) is 16.0. The molecule has 7 heteroatoms. The first-order valence-corrected chi connectivity index (χ1v) is 11.6. The van der Waals surface area contributed by atoms with Gasteiger partial charge < -0.3 is 14.1 Å². The average molecular weight is 525 g/mol. The molecule has 33 heavy (non-hydrogen) atoms. The molecule has 0 N–H and O–H groups in total. The summed E-state index contributed by atoms with van der Waals surface area (Å²) < 4.78 is 12.0. The highest BCUT2D eigenvalue weighted by molar-refractivity contribution is 9.10. The molecular weight excluding hydrogens is 506 g/mol. The van der Waals surface area contributed by atoms with Crippen molar-refractivity contribution in [1.29, 1.82) is 0 Å². The number of amides is 1. The van der Waals surface area contributed by atoms with Gasteiger partial charge >= 0.3 is 0 Å². The van der Waals surface area contributed by atoms with Crippen LogP contribution in [0.1, 0.15) is 33.3 Å². The Morgan fingerprint density at radius 3 is 2.58 bits per heavy atom. The fourth-order valence-electron chi connectivity index (χ4n) is 4.29. The monoisotopic (exact) mass is 523 g/mol. The molecule has 5 rings (SSSR count). The number of nitrogens with zero attached hydrogens (tertiary/aromatic N) is 1. The summed E-state index contributed by atoms with van der Waals surface area (Å²) in [4.78, 5) is 28.7. The van der Waals surface area contributed by atoms with Gasteiger partial charge in [-0.15, -0.1) is 0 Å². The third kappa shape index (κ3) is 3.94. The fraction of sp³-hybridized carbons (Fsp3) is 0.154. The molecule has 0 saturated carbocycles. The zero-order valence-electron chi connectivity index (χ0n) is 17.7. The molecular formula is C26H19BrClNO4. The molecule has 5 nitrogen and oxygen atoms in total. The summed E-state index contributed by atoms with van der Waals surface area (Å²) in [6.07, 6.45) is 0.611. The third-order valence-corrected chi connectivity index (χ3v) is 6.62. The Hall–Kier alpha value is -3.09. The predicted molar refractivity (Wildman–Crippen MR) is 131 cm³/mol. The van der Waals surface area contributed by atoms with Crippen LogP contribution in [0.15, 0.2) is 80.4 Å². The van der Waals surface area contributed by atoms with E-state index >= 15 is 0 Å². The van der Waals surface area contributed by atoms with Gasteiger partial charge in [0.15, 0.2) is 5.43 Å². The molecule has 3 aromatic carbocycles. The summed E-state index contributed by atoms with van der Waals surface area (Å²) in [5.41, 5.74) is 2.35. The molecule has 2 heterocycles. The number of methoxy groups -OCH3 is 1. The maximum Gasteiger partial charge on any atom is 0.290 e. The highest BCUT2D eigenvalue weighted by atomic mass is 79.9. The lowest BCUT2D eigenvalue weighted by molar-refractivity contribution is 0.0730. The number of rotatable bonds is 5. The minimum absolute atomic E-state index is 0.0922. The van der Waals surface area contributed by atoms with Crippen LogP contribution in [0.4, 0.5) is 0 Å². The SMILES string of the molecule is COc1ccc(CCN2C(=O)c3oc4ccc(Br)cc4c(=O)c3C2c2cccc(Cl)c2)cc1. The summed E-state index contributed by atoms with van der Waals surface area (Å²) in [5, 5.41) is 0.969. The summed E-state index contributed by atoms with van der Waals surface area (Å²) in [7, 11) is 1.62. The number of ether oxygens (including phenoxy) is 1. The first-order valence-electron chi connectivity index (χ1n) is 10.4. The van der Waals surface area contributed by atoms with Crippen LogP contribution in [-0.4, -0.2) is 24.5 Å². The van der Waals surface area contributed by atoms with Gasteiger partial charge in [-0.1, -0.05) is 51.8 Å². The maximum absolute atomic E-state index is 13.6. The van der Waals surface area contributed by atoms with E-state index in [0.717, 1.165) is 21.3 Å². The molecule has 0 radical (unpaired) electrons. The zero-order chi connectivity index (χ0) is 23.1. The number of carbonyl (C=O) groups is 1. The van der Waals surface area contributed by atoms with Crippen molar-refractivity contribution in [3.05, 3.63) is 109 Å². The van der Waals surface area contributed by atoms with Crippen molar-refractivity contribution >= 4 is 44.4 Å². The summed E-state index contributed by atoms with van der Waals surface area (Å²) in [5.74, 6) is 0.563. The Morgan fingerprint density at radius 2 is 1.85 bits per heavy atom. The number of halogens is 2. The van der Waals surface area contributed by atoms with Crippen molar-refractivity contribution < 1.29 is 13.9 Å². The zero-order valence-corrected chi connectivity index (χ0v) is 20.0. The average Bonchev–Trinajstić information content (AvgIpc) is 3.10. The molecule has 1 aliphatic rings. The maximum atomic E-state index is 13.6. The van der Waals surface area contributed by atoms with Crippen molar-refractivity contribution in [2.24, 2.45) is 0 Å². The van der Waals surface area contributed by atoms with Crippen LogP contribution in [0.25, 0.3) is 11.0 Å². The fourth-order valence-corrected chi connectivity index (χ4v) is 4.85. The second-order valence-corrected chi connectivity index (χ2v) is 9.22. The lowest BCUT2D eigenvalue weighted by Gasteiger charge is -2.25. The molecule has 0 aliphatic carbocycles. The molecule has 1 unspecified atom stereocenters. The second-order valence-electron chi connectivity index (χ2n) is 7.87. The largest absolute Gasteiger partial charge is 0.497 e. The van der Waals surface area contributed by atoms with E-state index in [0.29, 0.717) is 34.5 Å². The standard InChI is InChI=1S/C26H19BrClNO4/c1-32-19-8-5-15(6-9-19)11-12-29-23(16-3-2-4-18(28)13-16)22-24(30)20-14-17(27)7-10-21(20)33-25(22)26(29)31/h2-10,13-14,23H,11-12H2,1H3. The molecule has 166 valence electrons. The number of hydrogen-bond donors (Lipinski definition) is 0. The van der Waals surface area contributed by atoms with Crippen molar-refractivity contribution in [3.63, 3.8) is 0 Å². The minimum atomic E-state index is -0.580. The molecule has 0 bridgehead atoms. The highest BCUT2D eigenvalue weighted by Gasteiger charge is 2.42. The molecule has 1 atom stereocenters. The van der Waals surface area contributed by atoms with Crippen molar-refractivity contribution in [1.82, 2.24) is 4.90 Å². The Kier molecular flexibility index (Phi) is 5.72. The number of fused-ring (bicyclic) bond motifs is 2. The first kappa shape index (κ1) is 21.7. The molecule has 1 aromatic heterocycles. The summed E-state index contributed by atoms with van der Waals surface area (Å²) in [6, 6.07) is 19.6. The predicted octanol–water partition coefficient (Wildman–Crippen LogP) is 6.01. The Morgan fingerprint density at radius 1 is 1.06 bits per heavy atom. The van der Waals surface area contributed by atoms with Gasteiger partial charge in [-0.3, -0.25) is 9.59 Å². The topological polar surface area (TPSA) is 59.8 Å². The normalized spacial score (nSPS) is 15.2. The summed E-state index contributed by atoms with van der Waals surface area (Å²) >= 11 is 9.69. The van der Waals surface area contributed by atoms with Crippen LogP contribution in [-0.2, 0) is 6.42 Å². The van der Waals surface area contributed by atoms with Crippen LogP contribution in [0.3, 0.4) is 0 Å². The Bertz CT molecular complexity index is 1430. The van der Waals surface area contributed by atoms with E-state index in [-0.39, 0.29) is 17.1 Å². The quantitative estimate of drug-likeness (QED) is 0.321. The number of hydrogen-bond acceptors (Lipinski definition) is 4. The number of carbonyl (C=O) groups excluding carboxylic acids is 1. The lowest BCUT2D eigenvalue weighted by Crippen LogP contribution is -2.31. The Labute approximate surface area is 203 Å². The Balaban J connectivity index is 1.61. The second kappa shape index (κ2) is 8.69. The van der Waals surface area contributed by atoms with E-state index in [1.807, 2.05) is 36.4 Å². The molecule has 0 spiro atoms. The van der Waals surface area contributed by atoms with Crippen LogP contribution < -0.4 is 10.2 Å². The molecule has 0 fully saturated rings. The van der Waals surface area contributed by atoms with Crippen LogP contribution in [0.5, 0.6) is 5.75 Å². The van der Waals surface area contributed by atoms with Crippen LogP contribution >= 0.6 is 27.5 Å². The molecule has 4 aromatic rings. The van der Waals surface area contributed by atoms with Gasteiger partial charge in [0.1, 0.15) is 11.3 Å². The van der Waals surface area contributed by atoms with E-state index < -0.39 is 6.04 Å². The van der Waals surface area contributed by atoms with Gasteiger partial charge in [-0.05, 0) is 60.0 Å². The van der Waals surface area contributed by atoms with E-state index in [9.17, 15) is 9.59 Å². The van der Waals surface area contributed by atoms with E-state index in [1.54, 1.807) is 42.3 Å². The summed E-state index contributed by atoms with van der Waals surface area (Å²) in [6.45, 7) is 0.409. The molecule has 1 amide bonds. The van der Waals surface area contributed by atoms with Gasteiger partial charge in [0.05, 0.1) is 24.1 Å². The number of benzene rings is 3. The minimum Gasteiger partial charge on any atom is -0.497 e. The van der Waals surface area contributed by atoms with Gasteiger partial charge in [0, 0.05) is 16.0 Å². The smallest absolute Gasteiger partial charge is 0.290 e. The van der Waals surface area contributed by atoms with Crippen molar-refractivity contribution in [3.8, 4) is 5.75 Å². The van der Waals surface area contributed by atoms with E-state index in [4.69, 9.17) is 20.8 Å². The highest BCUT2D eigenvalue weighted by Crippen LogP contribution is 2.39.